The van der Waals surface area contributed by atoms with E-state index in [1.807, 2.05) is 0 Å². The molecule has 0 aliphatic heterocycles. The quantitative estimate of drug-likeness (QED) is 0.251. The maximum absolute atomic E-state index is 13.5. The number of benzene rings is 3. The third kappa shape index (κ3) is 7.64. The van der Waals surface area contributed by atoms with Crippen molar-refractivity contribution in [2.45, 2.75) is 19.1 Å². The van der Waals surface area contributed by atoms with Crippen LogP contribution in [0.5, 0.6) is 0 Å². The van der Waals surface area contributed by atoms with Crippen molar-refractivity contribution in [2.75, 3.05) is 16.0 Å². The Morgan fingerprint density at radius 3 is 2.18 bits per heavy atom. The lowest BCUT2D eigenvalue weighted by Crippen LogP contribution is -2.35. The van der Waals surface area contributed by atoms with Crippen LogP contribution in [0, 0.1) is 0 Å². The first-order valence-corrected chi connectivity index (χ1v) is 11.4. The van der Waals surface area contributed by atoms with Crippen LogP contribution in [-0.2, 0) is 23.9 Å². The summed E-state index contributed by atoms with van der Waals surface area (Å²) in [7, 11) is 0. The van der Waals surface area contributed by atoms with Crippen LogP contribution in [-0.4, -0.2) is 23.1 Å². The van der Waals surface area contributed by atoms with E-state index >= 15 is 0 Å². The minimum Gasteiger partial charge on any atom is -0.366 e. The summed E-state index contributed by atoms with van der Waals surface area (Å²) in [4.78, 5) is 36.0. The molecule has 5 N–H and O–H groups in total. The zero-order valence-corrected chi connectivity index (χ0v) is 20.2. The maximum Gasteiger partial charge on any atom is 0.416 e. The number of primary amides is 1. The molecule has 3 aromatic carbocycles. The van der Waals surface area contributed by atoms with Gasteiger partial charge in [-0.1, -0.05) is 42.5 Å². The van der Waals surface area contributed by atoms with Crippen LogP contribution in [0.15, 0.2) is 83.5 Å². The second kappa shape index (κ2) is 11.5. The van der Waals surface area contributed by atoms with E-state index in [4.69, 9.17) is 10.3 Å². The van der Waals surface area contributed by atoms with Crippen molar-refractivity contribution >= 4 is 35.1 Å². The zero-order valence-electron chi connectivity index (χ0n) is 20.2. The number of halogens is 3. The highest BCUT2D eigenvalue weighted by molar-refractivity contribution is 6.00. The SMILES string of the molecule is NC(=O)c1ccc(C[n+]2cc(NC(=O)Nc3cc(NC(=O)Cc4ccccc4)cc(C(F)(F)F)c3)on2)cc1. The molecule has 0 saturated carbocycles. The molecule has 0 bridgehead atoms. The fraction of sp³-hybridized carbons (Fsp3) is 0.115. The lowest BCUT2D eigenvalue weighted by Gasteiger charge is -2.14. The zero-order chi connectivity index (χ0) is 28.0. The molecular formula is C26H22F3N6O4+. The monoisotopic (exact) mass is 539 g/mol. The Bertz CT molecular complexity index is 1490. The summed E-state index contributed by atoms with van der Waals surface area (Å²) in [6, 6.07) is 17.0. The van der Waals surface area contributed by atoms with Crippen LogP contribution in [0.4, 0.5) is 35.2 Å². The van der Waals surface area contributed by atoms with Crippen LogP contribution in [0.3, 0.4) is 0 Å². The number of anilines is 3. The van der Waals surface area contributed by atoms with Crippen molar-refractivity contribution in [2.24, 2.45) is 5.73 Å². The van der Waals surface area contributed by atoms with Crippen molar-refractivity contribution in [3.8, 4) is 0 Å². The first-order chi connectivity index (χ1) is 18.5. The Labute approximate surface area is 219 Å². The number of hydrogen-bond donors (Lipinski definition) is 4. The topological polar surface area (TPSA) is 143 Å². The van der Waals surface area contributed by atoms with Gasteiger partial charge in [0.2, 0.25) is 23.6 Å². The molecular weight excluding hydrogens is 517 g/mol. The van der Waals surface area contributed by atoms with Gasteiger partial charge in [-0.2, -0.15) is 13.2 Å². The van der Waals surface area contributed by atoms with E-state index in [1.165, 1.54) is 16.9 Å². The molecule has 1 aromatic heterocycles. The lowest BCUT2D eigenvalue weighted by atomic mass is 10.1. The van der Waals surface area contributed by atoms with Crippen molar-refractivity contribution in [3.05, 3.63) is 101 Å². The molecule has 13 heteroatoms. The molecule has 0 aliphatic carbocycles. The molecule has 0 saturated heterocycles. The summed E-state index contributed by atoms with van der Waals surface area (Å²) in [6.45, 7) is 0.242. The number of aromatic nitrogens is 2. The van der Waals surface area contributed by atoms with Crippen LogP contribution < -0.4 is 26.4 Å². The van der Waals surface area contributed by atoms with E-state index < -0.39 is 29.6 Å². The fourth-order valence-corrected chi connectivity index (χ4v) is 3.57. The van der Waals surface area contributed by atoms with Gasteiger partial charge >= 0.3 is 18.1 Å². The van der Waals surface area contributed by atoms with E-state index in [0.717, 1.165) is 17.7 Å². The van der Waals surface area contributed by atoms with Gasteiger partial charge in [0.25, 0.3) is 6.20 Å². The third-order valence-electron chi connectivity index (χ3n) is 5.34. The van der Waals surface area contributed by atoms with E-state index in [1.54, 1.807) is 54.6 Å². The van der Waals surface area contributed by atoms with Crippen molar-refractivity contribution in [1.29, 1.82) is 0 Å². The molecule has 200 valence electrons. The number of nitrogens with one attached hydrogen (secondary N) is 3. The number of nitrogens with zero attached hydrogens (tertiary/aromatic N) is 2. The minimum absolute atomic E-state index is 0.0406. The average Bonchev–Trinajstić information content (AvgIpc) is 3.30. The van der Waals surface area contributed by atoms with Gasteiger partial charge in [0.05, 0.1) is 12.0 Å². The third-order valence-corrected chi connectivity index (χ3v) is 5.34. The van der Waals surface area contributed by atoms with Crippen molar-refractivity contribution in [3.63, 3.8) is 0 Å². The van der Waals surface area contributed by atoms with Crippen LogP contribution in [0.1, 0.15) is 27.0 Å². The number of carbonyl (C=O) groups excluding carboxylic acids is 3. The van der Waals surface area contributed by atoms with Gasteiger partial charge in [-0.05, 0) is 40.6 Å². The number of hydrogen-bond acceptors (Lipinski definition) is 5. The summed E-state index contributed by atoms with van der Waals surface area (Å²) >= 11 is 0. The predicted octanol–water partition coefficient (Wildman–Crippen LogP) is 3.95. The number of rotatable bonds is 8. The predicted molar refractivity (Wildman–Crippen MR) is 134 cm³/mol. The van der Waals surface area contributed by atoms with Gasteiger partial charge in [-0.25, -0.2) is 4.79 Å². The lowest BCUT2D eigenvalue weighted by molar-refractivity contribution is -0.754. The number of alkyl halides is 3. The number of carbonyl (C=O) groups is 3. The Morgan fingerprint density at radius 1 is 0.872 bits per heavy atom. The summed E-state index contributed by atoms with van der Waals surface area (Å²) < 4.78 is 46.8. The second-order valence-electron chi connectivity index (χ2n) is 8.41. The van der Waals surface area contributed by atoms with Gasteiger partial charge in [-0.3, -0.25) is 19.4 Å². The standard InChI is InChI=1S/C26H21F3N6O4/c27-26(28,29)19-11-20(31-22(36)10-16-4-2-1-3-5-16)13-21(12-19)32-25(38)33-23-15-35(34-39-23)14-17-6-8-18(9-7-17)24(30)37/h1-9,11-13,15H,10,14H2,(H4-,30,31,32,33,34,36,37,38)/p+1. The maximum atomic E-state index is 13.5. The Hall–Kier alpha value is -5.20. The molecule has 39 heavy (non-hydrogen) atoms. The molecule has 4 amide bonds. The second-order valence-corrected chi connectivity index (χ2v) is 8.41. The Kier molecular flexibility index (Phi) is 7.89. The number of amides is 4. The molecule has 4 rings (SSSR count). The summed E-state index contributed by atoms with van der Waals surface area (Å²) in [6.07, 6.45) is -3.40. The van der Waals surface area contributed by atoms with Crippen molar-refractivity contribution in [1.82, 2.24) is 5.27 Å². The summed E-state index contributed by atoms with van der Waals surface area (Å²) in [5, 5.41) is 10.8. The molecule has 4 aromatic rings. The van der Waals surface area contributed by atoms with Crippen LogP contribution in [0.25, 0.3) is 0 Å². The first-order valence-electron chi connectivity index (χ1n) is 11.4. The molecule has 0 radical (unpaired) electrons. The average molecular weight is 539 g/mol. The van der Waals surface area contributed by atoms with Gasteiger partial charge < -0.3 is 16.4 Å². The van der Waals surface area contributed by atoms with E-state index in [9.17, 15) is 27.6 Å². The molecule has 0 unspecified atom stereocenters. The van der Waals surface area contributed by atoms with E-state index in [-0.39, 0.29) is 30.2 Å². The number of urea groups is 1. The molecule has 0 fully saturated rings. The molecule has 0 aliphatic rings. The Balaban J connectivity index is 1.41. The normalized spacial score (nSPS) is 11.1. The van der Waals surface area contributed by atoms with Gasteiger partial charge in [0, 0.05) is 22.5 Å². The largest absolute Gasteiger partial charge is 0.416 e. The molecule has 0 atom stereocenters. The summed E-state index contributed by atoms with van der Waals surface area (Å²) in [5.74, 6) is -1.16. The van der Waals surface area contributed by atoms with E-state index in [2.05, 4.69) is 21.2 Å². The highest BCUT2D eigenvalue weighted by atomic mass is 19.4. The van der Waals surface area contributed by atoms with Crippen molar-refractivity contribution < 1.29 is 36.8 Å². The van der Waals surface area contributed by atoms with Gasteiger partial charge in [-0.15, -0.1) is 0 Å². The van der Waals surface area contributed by atoms with Crippen LogP contribution in [0.2, 0.25) is 0 Å². The van der Waals surface area contributed by atoms with E-state index in [0.29, 0.717) is 11.1 Å². The minimum atomic E-state index is -4.72. The number of nitrogens with two attached hydrogens (primary N) is 1. The molecule has 0 spiro atoms. The highest BCUT2D eigenvalue weighted by Gasteiger charge is 2.31. The molecule has 1 heterocycles. The first kappa shape index (κ1) is 26.9. The smallest absolute Gasteiger partial charge is 0.366 e. The van der Waals surface area contributed by atoms with Gasteiger partial charge in [0.1, 0.15) is 0 Å². The molecule has 10 nitrogen and oxygen atoms in total. The fourth-order valence-electron chi connectivity index (χ4n) is 3.57. The van der Waals surface area contributed by atoms with Crippen LogP contribution >= 0.6 is 0 Å². The summed E-state index contributed by atoms with van der Waals surface area (Å²) in [5.41, 5.74) is 5.60. The van der Waals surface area contributed by atoms with Gasteiger partial charge in [0.15, 0.2) is 0 Å². The highest BCUT2D eigenvalue weighted by Crippen LogP contribution is 2.33. The Morgan fingerprint density at radius 2 is 1.54 bits per heavy atom.